The summed E-state index contributed by atoms with van der Waals surface area (Å²) in [4.78, 5) is 16.4. The number of amides is 1. The summed E-state index contributed by atoms with van der Waals surface area (Å²) < 4.78 is 11.2. The molecule has 2 aromatic heterocycles. The van der Waals surface area contributed by atoms with Gasteiger partial charge < -0.3 is 14.6 Å². The largest absolute Gasteiger partial charge is 0.490 e. The number of nitriles is 1. The number of para-hydroxylation sites is 1. The Bertz CT molecular complexity index is 1060. The number of nitrogens with one attached hydrogen (secondary N) is 1. The minimum atomic E-state index is -0.197. The van der Waals surface area contributed by atoms with Crippen molar-refractivity contribution in [1.29, 1.82) is 5.26 Å². The number of aromatic nitrogens is 2. The lowest BCUT2D eigenvalue weighted by atomic mass is 9.87. The van der Waals surface area contributed by atoms with Crippen molar-refractivity contribution in [3.8, 4) is 11.8 Å². The molecule has 0 radical (unpaired) electrons. The molecule has 0 unspecified atom stereocenters. The van der Waals surface area contributed by atoms with Crippen LogP contribution in [0.1, 0.15) is 47.5 Å². The van der Waals surface area contributed by atoms with E-state index in [-0.39, 0.29) is 12.0 Å². The lowest BCUT2D eigenvalue weighted by Gasteiger charge is -2.29. The quantitative estimate of drug-likeness (QED) is 0.712. The monoisotopic (exact) mass is 390 g/mol. The van der Waals surface area contributed by atoms with Gasteiger partial charge in [-0.2, -0.15) is 5.26 Å². The molecular formula is C22H22N4O3. The topological polar surface area (TPSA) is 101 Å². The van der Waals surface area contributed by atoms with Crippen LogP contribution in [0.3, 0.4) is 0 Å². The molecule has 1 aromatic carbocycles. The Balaban J connectivity index is 1.32. The van der Waals surface area contributed by atoms with Crippen molar-refractivity contribution in [3.05, 3.63) is 53.5 Å². The third kappa shape index (κ3) is 4.21. The number of hydrogen-bond donors (Lipinski definition) is 1. The Morgan fingerprint density at radius 3 is 2.86 bits per heavy atom. The predicted octanol–water partition coefficient (Wildman–Crippen LogP) is 3.77. The van der Waals surface area contributed by atoms with Crippen molar-refractivity contribution in [2.45, 2.75) is 38.7 Å². The van der Waals surface area contributed by atoms with Gasteiger partial charge in [0, 0.05) is 24.2 Å². The van der Waals surface area contributed by atoms with Crippen LogP contribution in [0, 0.1) is 24.2 Å². The van der Waals surface area contributed by atoms with Crippen molar-refractivity contribution >= 4 is 16.8 Å². The molecule has 1 aliphatic carbocycles. The zero-order valence-corrected chi connectivity index (χ0v) is 16.2. The lowest BCUT2D eigenvalue weighted by Crippen LogP contribution is -2.33. The van der Waals surface area contributed by atoms with Gasteiger partial charge in [0.1, 0.15) is 17.6 Å². The molecule has 2 heterocycles. The Morgan fingerprint density at radius 1 is 1.31 bits per heavy atom. The fourth-order valence-electron chi connectivity index (χ4n) is 3.78. The lowest BCUT2D eigenvalue weighted by molar-refractivity contribution is 0.0920. The maximum atomic E-state index is 12.1. The van der Waals surface area contributed by atoms with E-state index in [9.17, 15) is 10.1 Å². The van der Waals surface area contributed by atoms with Crippen LogP contribution in [0.5, 0.6) is 5.75 Å². The minimum Gasteiger partial charge on any atom is -0.490 e. The molecule has 29 heavy (non-hydrogen) atoms. The van der Waals surface area contributed by atoms with Gasteiger partial charge in [-0.3, -0.25) is 9.78 Å². The summed E-state index contributed by atoms with van der Waals surface area (Å²) >= 11 is 0. The Labute approximate surface area is 168 Å². The molecule has 3 aromatic rings. The summed E-state index contributed by atoms with van der Waals surface area (Å²) in [6.45, 7) is 2.39. The predicted molar refractivity (Wildman–Crippen MR) is 106 cm³/mol. The first-order valence-electron chi connectivity index (χ1n) is 9.80. The van der Waals surface area contributed by atoms with Gasteiger partial charge >= 0.3 is 0 Å². The number of hydrogen-bond acceptors (Lipinski definition) is 6. The van der Waals surface area contributed by atoms with E-state index in [1.54, 1.807) is 25.3 Å². The summed E-state index contributed by atoms with van der Waals surface area (Å²) in [6.07, 6.45) is 5.61. The molecule has 1 aliphatic rings. The third-order valence-corrected chi connectivity index (χ3v) is 5.35. The smallest absolute Gasteiger partial charge is 0.273 e. The standard InChI is InChI=1S/C22H22N4O3/c1-14-11-19(26-29-14)22(27)25-13-15-5-7-17(8-6-15)28-20-9-10-24-21-16(12-23)3-2-4-18(20)21/h2-4,9-11,15,17H,5-8,13H2,1H3,(H,25,27)/t15-,17-. The zero-order valence-electron chi connectivity index (χ0n) is 16.2. The van der Waals surface area contributed by atoms with Crippen LogP contribution in [0.15, 0.2) is 41.1 Å². The molecule has 0 aliphatic heterocycles. The number of aryl methyl sites for hydroxylation is 1. The van der Waals surface area contributed by atoms with E-state index >= 15 is 0 Å². The van der Waals surface area contributed by atoms with Crippen LogP contribution in [0.4, 0.5) is 0 Å². The second kappa shape index (κ2) is 8.31. The number of nitrogens with zero attached hydrogens (tertiary/aromatic N) is 3. The maximum Gasteiger partial charge on any atom is 0.273 e. The van der Waals surface area contributed by atoms with Gasteiger partial charge in [0.05, 0.1) is 17.2 Å². The van der Waals surface area contributed by atoms with Gasteiger partial charge in [0.2, 0.25) is 0 Å². The molecular weight excluding hydrogens is 368 g/mol. The van der Waals surface area contributed by atoms with Crippen molar-refractivity contribution in [2.75, 3.05) is 6.54 Å². The SMILES string of the molecule is Cc1cc(C(=O)NC[C@H]2CC[C@H](Oc3ccnc4c(C#N)cccc34)CC2)no1. The van der Waals surface area contributed by atoms with Crippen LogP contribution in [0.25, 0.3) is 10.9 Å². The van der Waals surface area contributed by atoms with Gasteiger partial charge in [-0.05, 0) is 56.7 Å². The maximum absolute atomic E-state index is 12.1. The number of carbonyl (C=O) groups is 1. The van der Waals surface area contributed by atoms with Crippen LogP contribution in [-0.2, 0) is 0 Å². The zero-order chi connectivity index (χ0) is 20.2. The molecule has 0 atom stereocenters. The van der Waals surface area contributed by atoms with Crippen LogP contribution in [-0.4, -0.2) is 28.7 Å². The van der Waals surface area contributed by atoms with E-state index in [4.69, 9.17) is 9.26 Å². The minimum absolute atomic E-state index is 0.122. The van der Waals surface area contributed by atoms with E-state index in [2.05, 4.69) is 21.5 Å². The van der Waals surface area contributed by atoms with Crippen molar-refractivity contribution in [2.24, 2.45) is 5.92 Å². The van der Waals surface area contributed by atoms with Crippen LogP contribution >= 0.6 is 0 Å². The van der Waals surface area contributed by atoms with Gasteiger partial charge in [0.15, 0.2) is 5.69 Å². The normalized spacial score (nSPS) is 18.9. The fraction of sp³-hybridized carbons (Fsp3) is 0.364. The second-order valence-corrected chi connectivity index (χ2v) is 7.42. The highest BCUT2D eigenvalue weighted by atomic mass is 16.5. The molecule has 0 saturated heterocycles. The van der Waals surface area contributed by atoms with Crippen LogP contribution < -0.4 is 10.1 Å². The van der Waals surface area contributed by atoms with E-state index in [1.165, 1.54) is 0 Å². The van der Waals surface area contributed by atoms with Crippen molar-refractivity contribution in [1.82, 2.24) is 15.5 Å². The third-order valence-electron chi connectivity index (χ3n) is 5.35. The summed E-state index contributed by atoms with van der Waals surface area (Å²) in [5.41, 5.74) is 1.54. The molecule has 148 valence electrons. The fourth-order valence-corrected chi connectivity index (χ4v) is 3.78. The number of benzene rings is 1. The molecule has 1 amide bonds. The van der Waals surface area contributed by atoms with E-state index in [1.807, 2.05) is 18.2 Å². The first kappa shape index (κ1) is 18.9. The Morgan fingerprint density at radius 2 is 2.14 bits per heavy atom. The molecule has 4 rings (SSSR count). The van der Waals surface area contributed by atoms with Gasteiger partial charge in [-0.25, -0.2) is 0 Å². The first-order valence-corrected chi connectivity index (χ1v) is 9.80. The number of fused-ring (bicyclic) bond motifs is 1. The second-order valence-electron chi connectivity index (χ2n) is 7.42. The van der Waals surface area contributed by atoms with Crippen LogP contribution in [0.2, 0.25) is 0 Å². The summed E-state index contributed by atoms with van der Waals surface area (Å²) in [5.74, 6) is 1.62. The average Bonchev–Trinajstić information content (AvgIpc) is 3.19. The average molecular weight is 390 g/mol. The number of rotatable bonds is 5. The Kier molecular flexibility index (Phi) is 5.43. The molecule has 1 N–H and O–H groups in total. The molecule has 7 heteroatoms. The highest BCUT2D eigenvalue weighted by Crippen LogP contribution is 2.31. The highest BCUT2D eigenvalue weighted by Gasteiger charge is 2.24. The first-order chi connectivity index (χ1) is 14.1. The summed E-state index contributed by atoms with van der Waals surface area (Å²) in [7, 11) is 0. The van der Waals surface area contributed by atoms with Gasteiger partial charge in [0.25, 0.3) is 5.91 Å². The Hall–Kier alpha value is -3.40. The van der Waals surface area contributed by atoms with Gasteiger partial charge in [-0.15, -0.1) is 0 Å². The molecule has 1 saturated carbocycles. The van der Waals surface area contributed by atoms with Crippen molar-refractivity contribution in [3.63, 3.8) is 0 Å². The molecule has 0 bridgehead atoms. The summed E-state index contributed by atoms with van der Waals surface area (Å²) in [6, 6.07) is 11.2. The number of ether oxygens (including phenoxy) is 1. The van der Waals surface area contributed by atoms with Gasteiger partial charge in [-0.1, -0.05) is 11.2 Å². The molecule has 0 spiro atoms. The van der Waals surface area contributed by atoms with E-state index < -0.39 is 0 Å². The highest BCUT2D eigenvalue weighted by molar-refractivity contribution is 5.92. The van der Waals surface area contributed by atoms with E-state index in [0.717, 1.165) is 36.8 Å². The molecule has 7 nitrogen and oxygen atoms in total. The summed E-state index contributed by atoms with van der Waals surface area (Å²) in [5, 5.41) is 16.8. The van der Waals surface area contributed by atoms with Crippen molar-refractivity contribution < 1.29 is 14.1 Å². The van der Waals surface area contributed by atoms with E-state index in [0.29, 0.717) is 35.0 Å². The number of carbonyl (C=O) groups excluding carboxylic acids is 1. The molecule has 1 fully saturated rings. The number of pyridine rings is 1.